The van der Waals surface area contributed by atoms with E-state index in [1.54, 1.807) is 12.3 Å². The van der Waals surface area contributed by atoms with Crippen molar-refractivity contribution in [1.29, 1.82) is 0 Å². The molecule has 3 rings (SSSR count). The van der Waals surface area contributed by atoms with Gasteiger partial charge in [0.25, 0.3) is 0 Å². The second kappa shape index (κ2) is 7.73. The molecular formula is C19H24FN3O. The minimum atomic E-state index is -0.248. The molecule has 5 heteroatoms. The van der Waals surface area contributed by atoms with Gasteiger partial charge in [-0.05, 0) is 49.1 Å². The summed E-state index contributed by atoms with van der Waals surface area (Å²) in [6, 6.07) is 9.51. The van der Waals surface area contributed by atoms with E-state index in [0.717, 1.165) is 11.1 Å². The van der Waals surface area contributed by atoms with Crippen LogP contribution in [0.15, 0.2) is 42.7 Å². The quantitative estimate of drug-likeness (QED) is 0.885. The topological polar surface area (TPSA) is 48.4 Å². The predicted molar refractivity (Wildman–Crippen MR) is 93.3 cm³/mol. The molecule has 0 bridgehead atoms. The molecule has 24 heavy (non-hydrogen) atoms. The summed E-state index contributed by atoms with van der Waals surface area (Å²) in [4.78, 5) is 6.13. The fourth-order valence-corrected chi connectivity index (χ4v) is 3.04. The van der Waals surface area contributed by atoms with E-state index < -0.39 is 0 Å². The highest BCUT2D eigenvalue weighted by atomic mass is 19.1. The van der Waals surface area contributed by atoms with Crippen LogP contribution in [0.25, 0.3) is 0 Å². The van der Waals surface area contributed by atoms with Crippen LogP contribution in [0.3, 0.4) is 0 Å². The van der Waals surface area contributed by atoms with Gasteiger partial charge in [-0.3, -0.25) is 4.98 Å². The Hall–Kier alpha value is -1.98. The first-order valence-corrected chi connectivity index (χ1v) is 8.48. The molecule has 1 saturated heterocycles. The van der Waals surface area contributed by atoms with Gasteiger partial charge in [-0.2, -0.15) is 0 Å². The van der Waals surface area contributed by atoms with Crippen molar-refractivity contribution in [2.24, 2.45) is 0 Å². The Kier molecular flexibility index (Phi) is 5.43. The Balaban J connectivity index is 1.60. The standard InChI is InChI=1S/C19H24FN3O/c1-14(16-3-2-8-21-13-16)22-12-15-4-5-19(18(20)11-15)23-9-6-17(24)7-10-23/h2-5,8,11,13-14,17,22,24H,6-7,9-10,12H2,1H3. The molecule has 4 nitrogen and oxygen atoms in total. The Morgan fingerprint density at radius 2 is 2.12 bits per heavy atom. The molecule has 0 amide bonds. The number of hydrogen-bond donors (Lipinski definition) is 2. The molecule has 2 heterocycles. The van der Waals surface area contributed by atoms with Gasteiger partial charge in [0.2, 0.25) is 0 Å². The number of piperidine rings is 1. The van der Waals surface area contributed by atoms with Crippen molar-refractivity contribution in [2.75, 3.05) is 18.0 Å². The van der Waals surface area contributed by atoms with Crippen molar-refractivity contribution in [3.63, 3.8) is 0 Å². The first-order valence-electron chi connectivity index (χ1n) is 8.48. The minimum Gasteiger partial charge on any atom is -0.393 e. The lowest BCUT2D eigenvalue weighted by molar-refractivity contribution is 0.145. The Labute approximate surface area is 142 Å². The molecular weight excluding hydrogens is 305 g/mol. The Morgan fingerprint density at radius 3 is 2.79 bits per heavy atom. The molecule has 0 saturated carbocycles. The lowest BCUT2D eigenvalue weighted by Crippen LogP contribution is -2.36. The first kappa shape index (κ1) is 16.9. The monoisotopic (exact) mass is 329 g/mol. The van der Waals surface area contributed by atoms with Crippen LogP contribution in [-0.4, -0.2) is 29.3 Å². The molecule has 0 spiro atoms. The van der Waals surface area contributed by atoms with Gasteiger partial charge in [-0.1, -0.05) is 12.1 Å². The summed E-state index contributed by atoms with van der Waals surface area (Å²) in [5.41, 5.74) is 2.66. The van der Waals surface area contributed by atoms with E-state index in [0.29, 0.717) is 38.2 Å². The smallest absolute Gasteiger partial charge is 0.146 e. The largest absolute Gasteiger partial charge is 0.393 e. The fraction of sp³-hybridized carbons (Fsp3) is 0.421. The molecule has 2 aromatic rings. The number of hydrogen-bond acceptors (Lipinski definition) is 4. The van der Waals surface area contributed by atoms with Crippen LogP contribution < -0.4 is 10.2 Å². The normalized spacial score (nSPS) is 17.0. The number of anilines is 1. The van der Waals surface area contributed by atoms with Gasteiger partial charge in [0.05, 0.1) is 11.8 Å². The van der Waals surface area contributed by atoms with E-state index in [2.05, 4.69) is 17.2 Å². The van der Waals surface area contributed by atoms with E-state index >= 15 is 0 Å². The van der Waals surface area contributed by atoms with Crippen molar-refractivity contribution < 1.29 is 9.50 Å². The molecule has 1 aliphatic heterocycles. The maximum absolute atomic E-state index is 14.4. The lowest BCUT2D eigenvalue weighted by Gasteiger charge is -2.31. The zero-order valence-corrected chi connectivity index (χ0v) is 14.0. The first-order chi connectivity index (χ1) is 11.6. The third kappa shape index (κ3) is 4.10. The lowest BCUT2D eigenvalue weighted by atomic mass is 10.1. The number of aliphatic hydroxyl groups excluding tert-OH is 1. The minimum absolute atomic E-state index is 0.157. The van der Waals surface area contributed by atoms with E-state index in [4.69, 9.17) is 0 Å². The number of aromatic nitrogens is 1. The van der Waals surface area contributed by atoms with Crippen molar-refractivity contribution in [3.05, 3.63) is 59.7 Å². The molecule has 1 aromatic carbocycles. The van der Waals surface area contributed by atoms with Crippen LogP contribution in [0.5, 0.6) is 0 Å². The van der Waals surface area contributed by atoms with Gasteiger partial charge < -0.3 is 15.3 Å². The number of nitrogens with zero attached hydrogens (tertiary/aromatic N) is 2. The summed E-state index contributed by atoms with van der Waals surface area (Å²) in [5.74, 6) is -0.195. The van der Waals surface area contributed by atoms with Crippen LogP contribution in [0.4, 0.5) is 10.1 Å². The van der Waals surface area contributed by atoms with Gasteiger partial charge in [0.15, 0.2) is 0 Å². The molecule has 1 aliphatic rings. The van der Waals surface area contributed by atoms with Crippen molar-refractivity contribution >= 4 is 5.69 Å². The second-order valence-electron chi connectivity index (χ2n) is 6.39. The number of rotatable bonds is 5. The van der Waals surface area contributed by atoms with Gasteiger partial charge in [-0.25, -0.2) is 4.39 Å². The van der Waals surface area contributed by atoms with Crippen LogP contribution in [0.1, 0.15) is 36.9 Å². The van der Waals surface area contributed by atoms with E-state index in [1.807, 2.05) is 35.4 Å². The molecule has 1 atom stereocenters. The fourth-order valence-electron chi connectivity index (χ4n) is 3.04. The Morgan fingerprint density at radius 1 is 1.33 bits per heavy atom. The number of benzene rings is 1. The van der Waals surface area contributed by atoms with Crippen molar-refractivity contribution in [2.45, 2.75) is 38.5 Å². The van der Waals surface area contributed by atoms with Crippen molar-refractivity contribution in [3.8, 4) is 0 Å². The van der Waals surface area contributed by atoms with Crippen molar-refractivity contribution in [1.82, 2.24) is 10.3 Å². The molecule has 1 unspecified atom stereocenters. The van der Waals surface area contributed by atoms with E-state index in [1.165, 1.54) is 0 Å². The Bertz CT molecular complexity index is 657. The van der Waals surface area contributed by atoms with Crippen LogP contribution in [0.2, 0.25) is 0 Å². The number of aliphatic hydroxyl groups is 1. The number of halogens is 1. The van der Waals surface area contributed by atoms with Gasteiger partial charge in [0.1, 0.15) is 5.82 Å². The van der Waals surface area contributed by atoms with Gasteiger partial charge >= 0.3 is 0 Å². The summed E-state index contributed by atoms with van der Waals surface area (Å²) in [7, 11) is 0. The molecule has 1 fully saturated rings. The summed E-state index contributed by atoms with van der Waals surface area (Å²) in [6.45, 7) is 4.08. The van der Waals surface area contributed by atoms with Crippen LogP contribution in [-0.2, 0) is 6.54 Å². The third-order valence-electron chi connectivity index (χ3n) is 4.61. The summed E-state index contributed by atoms with van der Waals surface area (Å²) >= 11 is 0. The summed E-state index contributed by atoms with van der Waals surface area (Å²) < 4.78 is 14.4. The molecule has 128 valence electrons. The van der Waals surface area contributed by atoms with E-state index in [-0.39, 0.29) is 18.0 Å². The number of pyridine rings is 1. The molecule has 0 aliphatic carbocycles. The van der Waals surface area contributed by atoms with Crippen LogP contribution in [0, 0.1) is 5.82 Å². The molecule has 0 radical (unpaired) electrons. The maximum Gasteiger partial charge on any atom is 0.146 e. The van der Waals surface area contributed by atoms with Crippen LogP contribution >= 0.6 is 0 Å². The maximum atomic E-state index is 14.4. The zero-order valence-electron chi connectivity index (χ0n) is 14.0. The number of nitrogens with one attached hydrogen (secondary N) is 1. The van der Waals surface area contributed by atoms with E-state index in [9.17, 15) is 9.50 Å². The zero-order chi connectivity index (χ0) is 16.9. The summed E-state index contributed by atoms with van der Waals surface area (Å²) in [6.07, 6.45) is 4.74. The molecule has 1 aromatic heterocycles. The third-order valence-corrected chi connectivity index (χ3v) is 4.61. The highest BCUT2D eigenvalue weighted by Crippen LogP contribution is 2.24. The van der Waals surface area contributed by atoms with Gasteiger partial charge in [-0.15, -0.1) is 0 Å². The average molecular weight is 329 g/mol. The SMILES string of the molecule is CC(NCc1ccc(N2CCC(O)CC2)c(F)c1)c1cccnc1. The summed E-state index contributed by atoms with van der Waals surface area (Å²) in [5, 5.41) is 13.0. The highest BCUT2D eigenvalue weighted by molar-refractivity contribution is 5.49. The second-order valence-corrected chi connectivity index (χ2v) is 6.39. The van der Waals surface area contributed by atoms with Gasteiger partial charge in [0, 0.05) is 38.1 Å². The molecule has 2 N–H and O–H groups in total. The predicted octanol–water partition coefficient (Wildman–Crippen LogP) is 3.03. The average Bonchev–Trinajstić information content (AvgIpc) is 2.61. The highest BCUT2D eigenvalue weighted by Gasteiger charge is 2.19.